The van der Waals surface area contributed by atoms with Crippen molar-refractivity contribution in [3.8, 4) is 5.75 Å². The summed E-state index contributed by atoms with van der Waals surface area (Å²) >= 11 is 3.40. The molecule has 0 amide bonds. The number of benzene rings is 1. The van der Waals surface area contributed by atoms with Gasteiger partial charge in [0.25, 0.3) is 0 Å². The summed E-state index contributed by atoms with van der Waals surface area (Å²) in [5.41, 5.74) is 0.380. The Labute approximate surface area is 136 Å². The molecule has 6 heteroatoms. The first-order valence-electron chi connectivity index (χ1n) is 7.04. The predicted molar refractivity (Wildman–Crippen MR) is 82.6 cm³/mol. The summed E-state index contributed by atoms with van der Waals surface area (Å²) in [5.74, 6) is -0.0365. The van der Waals surface area contributed by atoms with E-state index in [4.69, 9.17) is 4.74 Å². The lowest BCUT2D eigenvalue weighted by Gasteiger charge is -2.17. The molecular weight excluding hydrogens is 354 g/mol. The molecule has 1 fully saturated rings. The second kappa shape index (κ2) is 6.71. The van der Waals surface area contributed by atoms with Gasteiger partial charge < -0.3 is 4.74 Å². The van der Waals surface area contributed by atoms with Crippen molar-refractivity contribution >= 4 is 15.9 Å². The highest BCUT2D eigenvalue weighted by Gasteiger charge is 2.25. The van der Waals surface area contributed by atoms with Crippen LogP contribution in [0.4, 0.5) is 8.78 Å². The van der Waals surface area contributed by atoms with Crippen molar-refractivity contribution in [3.05, 3.63) is 58.3 Å². The molecule has 1 unspecified atom stereocenters. The Morgan fingerprint density at radius 3 is 3.00 bits per heavy atom. The molecule has 1 aromatic carbocycles. The summed E-state index contributed by atoms with van der Waals surface area (Å²) in [7, 11) is 0. The molecule has 0 saturated carbocycles. The van der Waals surface area contributed by atoms with Crippen LogP contribution in [0.2, 0.25) is 0 Å². The first-order chi connectivity index (χ1) is 10.6. The maximum Gasteiger partial charge on any atom is 0.137 e. The molecule has 0 aliphatic carbocycles. The Morgan fingerprint density at radius 1 is 1.32 bits per heavy atom. The summed E-state index contributed by atoms with van der Waals surface area (Å²) in [5, 5.41) is 0. The van der Waals surface area contributed by atoms with Crippen molar-refractivity contribution in [3.63, 3.8) is 0 Å². The van der Waals surface area contributed by atoms with Crippen molar-refractivity contribution < 1.29 is 13.5 Å². The van der Waals surface area contributed by atoms with Gasteiger partial charge in [-0.05, 0) is 46.6 Å². The molecule has 1 saturated heterocycles. The van der Waals surface area contributed by atoms with Crippen molar-refractivity contribution in [1.82, 2.24) is 9.88 Å². The van der Waals surface area contributed by atoms with Crippen molar-refractivity contribution in [2.24, 2.45) is 0 Å². The number of hydrogen-bond acceptors (Lipinski definition) is 3. The molecule has 3 nitrogen and oxygen atoms in total. The molecule has 22 heavy (non-hydrogen) atoms. The van der Waals surface area contributed by atoms with E-state index in [1.54, 1.807) is 18.5 Å². The van der Waals surface area contributed by atoms with E-state index in [1.807, 2.05) is 0 Å². The molecule has 0 bridgehead atoms. The van der Waals surface area contributed by atoms with Crippen molar-refractivity contribution in [2.45, 2.75) is 19.1 Å². The van der Waals surface area contributed by atoms with Gasteiger partial charge in [0.15, 0.2) is 0 Å². The number of halogens is 3. The van der Waals surface area contributed by atoms with Crippen molar-refractivity contribution in [2.75, 3.05) is 13.1 Å². The van der Waals surface area contributed by atoms with E-state index >= 15 is 0 Å². The highest BCUT2D eigenvalue weighted by Crippen LogP contribution is 2.26. The van der Waals surface area contributed by atoms with Crippen LogP contribution in [0.1, 0.15) is 12.0 Å². The topological polar surface area (TPSA) is 25.4 Å². The molecule has 2 aromatic rings. The molecule has 116 valence electrons. The van der Waals surface area contributed by atoms with Gasteiger partial charge in [-0.1, -0.05) is 0 Å². The van der Waals surface area contributed by atoms with Crippen LogP contribution in [0, 0.1) is 11.6 Å². The molecule has 3 rings (SSSR count). The first-order valence-corrected chi connectivity index (χ1v) is 7.83. The Kier molecular flexibility index (Phi) is 4.69. The van der Waals surface area contributed by atoms with Gasteiger partial charge >= 0.3 is 0 Å². The van der Waals surface area contributed by atoms with E-state index in [9.17, 15) is 8.78 Å². The SMILES string of the molecule is Fc1ccc(F)c(CN2CCC(Oc3ccncc3Br)C2)c1. The average molecular weight is 369 g/mol. The second-order valence-electron chi connectivity index (χ2n) is 5.31. The Bertz CT molecular complexity index is 668. The minimum absolute atomic E-state index is 0.0373. The number of likely N-dealkylation sites (tertiary alicyclic amines) is 1. The molecule has 2 heterocycles. The van der Waals surface area contributed by atoms with Gasteiger partial charge in [-0.15, -0.1) is 0 Å². The van der Waals surface area contributed by atoms with Gasteiger partial charge in [-0.2, -0.15) is 0 Å². The number of ether oxygens (including phenoxy) is 1. The van der Waals surface area contributed by atoms with Crippen LogP contribution >= 0.6 is 15.9 Å². The lowest BCUT2D eigenvalue weighted by Crippen LogP contribution is -2.25. The minimum atomic E-state index is -0.413. The van der Waals surface area contributed by atoms with E-state index in [1.165, 1.54) is 12.1 Å². The van der Waals surface area contributed by atoms with Crippen LogP contribution in [0.15, 0.2) is 41.1 Å². The highest BCUT2D eigenvalue weighted by molar-refractivity contribution is 9.10. The third-order valence-electron chi connectivity index (χ3n) is 3.66. The normalized spacial score (nSPS) is 18.6. The molecular formula is C16H15BrF2N2O. The quantitative estimate of drug-likeness (QED) is 0.821. The van der Waals surface area contributed by atoms with Crippen LogP contribution < -0.4 is 4.74 Å². The van der Waals surface area contributed by atoms with Gasteiger partial charge in [0.2, 0.25) is 0 Å². The zero-order valence-electron chi connectivity index (χ0n) is 11.8. The van der Waals surface area contributed by atoms with Gasteiger partial charge in [-0.25, -0.2) is 8.78 Å². The fraction of sp³-hybridized carbons (Fsp3) is 0.312. The van der Waals surface area contributed by atoms with E-state index in [-0.39, 0.29) is 11.9 Å². The average Bonchev–Trinajstić information content (AvgIpc) is 2.93. The summed E-state index contributed by atoms with van der Waals surface area (Å²) in [6.45, 7) is 1.87. The van der Waals surface area contributed by atoms with E-state index < -0.39 is 5.82 Å². The van der Waals surface area contributed by atoms with Crippen LogP contribution in [0.5, 0.6) is 5.75 Å². The van der Waals surface area contributed by atoms with Crippen LogP contribution in [0.25, 0.3) is 0 Å². The van der Waals surface area contributed by atoms with E-state index in [0.717, 1.165) is 29.3 Å². The smallest absolute Gasteiger partial charge is 0.137 e. The number of rotatable bonds is 4. The van der Waals surface area contributed by atoms with Crippen LogP contribution in [-0.4, -0.2) is 29.1 Å². The molecule has 1 aliphatic heterocycles. The Morgan fingerprint density at radius 2 is 2.18 bits per heavy atom. The lowest BCUT2D eigenvalue weighted by atomic mass is 10.2. The lowest BCUT2D eigenvalue weighted by molar-refractivity contribution is 0.196. The minimum Gasteiger partial charge on any atom is -0.488 e. The molecule has 0 radical (unpaired) electrons. The number of aromatic nitrogens is 1. The summed E-state index contributed by atoms with van der Waals surface area (Å²) in [6, 6.07) is 5.36. The summed E-state index contributed by atoms with van der Waals surface area (Å²) < 4.78 is 33.6. The third kappa shape index (κ3) is 3.62. The number of nitrogens with zero attached hydrogens (tertiary/aromatic N) is 2. The Balaban J connectivity index is 1.61. The summed E-state index contributed by atoms with van der Waals surface area (Å²) in [4.78, 5) is 6.06. The summed E-state index contributed by atoms with van der Waals surface area (Å²) in [6.07, 6.45) is 4.25. The zero-order valence-corrected chi connectivity index (χ0v) is 13.4. The largest absolute Gasteiger partial charge is 0.488 e. The molecule has 0 spiro atoms. The molecule has 1 aromatic heterocycles. The Hall–Kier alpha value is -1.53. The molecule has 1 aliphatic rings. The van der Waals surface area contributed by atoms with Crippen LogP contribution in [-0.2, 0) is 6.54 Å². The maximum absolute atomic E-state index is 13.7. The van der Waals surface area contributed by atoms with Gasteiger partial charge in [0.05, 0.1) is 4.47 Å². The predicted octanol–water partition coefficient (Wildman–Crippen LogP) is 3.78. The fourth-order valence-electron chi connectivity index (χ4n) is 2.58. The molecule has 0 N–H and O–H groups in total. The van der Waals surface area contributed by atoms with Gasteiger partial charge in [0, 0.05) is 37.6 Å². The standard InChI is InChI=1S/C16H15BrF2N2O/c17-14-8-20-5-3-16(14)22-13-4-6-21(10-13)9-11-7-12(18)1-2-15(11)19/h1-3,5,7-8,13H,4,6,9-10H2. The maximum atomic E-state index is 13.7. The highest BCUT2D eigenvalue weighted by atomic mass is 79.9. The number of pyridine rings is 1. The van der Waals surface area contributed by atoms with E-state index in [2.05, 4.69) is 25.8 Å². The zero-order chi connectivity index (χ0) is 15.5. The second-order valence-corrected chi connectivity index (χ2v) is 6.16. The number of hydrogen-bond donors (Lipinski definition) is 0. The van der Waals surface area contributed by atoms with Gasteiger partial charge in [-0.3, -0.25) is 9.88 Å². The van der Waals surface area contributed by atoms with Crippen LogP contribution in [0.3, 0.4) is 0 Å². The van der Waals surface area contributed by atoms with E-state index in [0.29, 0.717) is 18.7 Å². The molecule has 1 atom stereocenters. The third-order valence-corrected chi connectivity index (χ3v) is 4.26. The van der Waals surface area contributed by atoms with Gasteiger partial charge in [0.1, 0.15) is 23.5 Å². The monoisotopic (exact) mass is 368 g/mol. The van der Waals surface area contributed by atoms with Crippen molar-refractivity contribution in [1.29, 1.82) is 0 Å². The first kappa shape index (κ1) is 15.4. The fourth-order valence-corrected chi connectivity index (χ4v) is 2.92.